The van der Waals surface area contributed by atoms with Crippen LogP contribution in [-0.2, 0) is 11.3 Å². The summed E-state index contributed by atoms with van der Waals surface area (Å²) in [6.07, 6.45) is 0. The van der Waals surface area contributed by atoms with E-state index in [-0.39, 0.29) is 18.1 Å². The van der Waals surface area contributed by atoms with Crippen molar-refractivity contribution in [2.45, 2.75) is 6.54 Å². The molecule has 1 unspecified atom stereocenters. The lowest BCUT2D eigenvalue weighted by Crippen LogP contribution is -3.08. The van der Waals surface area contributed by atoms with Crippen molar-refractivity contribution in [3.63, 3.8) is 0 Å². The number of nitro benzene ring substituents is 1. The van der Waals surface area contributed by atoms with E-state index in [4.69, 9.17) is 23.2 Å². The zero-order valence-electron chi connectivity index (χ0n) is 12.9. The van der Waals surface area contributed by atoms with Gasteiger partial charge in [0.15, 0.2) is 6.54 Å². The van der Waals surface area contributed by atoms with Gasteiger partial charge in [-0.05, 0) is 18.2 Å². The number of halogens is 2. The molecule has 6 nitrogen and oxygen atoms in total. The van der Waals surface area contributed by atoms with Crippen LogP contribution < -0.4 is 10.2 Å². The van der Waals surface area contributed by atoms with E-state index in [9.17, 15) is 14.9 Å². The van der Waals surface area contributed by atoms with Crippen LogP contribution in [0.1, 0.15) is 5.56 Å². The van der Waals surface area contributed by atoms with Gasteiger partial charge in [0.25, 0.3) is 11.6 Å². The number of rotatable bonds is 6. The molecule has 2 N–H and O–H groups in total. The number of nitro groups is 1. The van der Waals surface area contributed by atoms with Crippen molar-refractivity contribution in [3.05, 3.63) is 68.2 Å². The number of likely N-dealkylation sites (N-methyl/N-ethyl adjacent to an activating group) is 1. The molecule has 0 saturated heterocycles. The van der Waals surface area contributed by atoms with Crippen LogP contribution in [0.15, 0.2) is 42.5 Å². The van der Waals surface area contributed by atoms with E-state index in [1.807, 2.05) is 13.1 Å². The normalized spacial score (nSPS) is 11.8. The highest BCUT2D eigenvalue weighted by molar-refractivity contribution is 6.35. The number of amides is 1. The Labute approximate surface area is 149 Å². The third kappa shape index (κ3) is 5.19. The topological polar surface area (TPSA) is 76.7 Å². The molecule has 2 rings (SSSR count). The van der Waals surface area contributed by atoms with E-state index in [0.29, 0.717) is 22.3 Å². The highest BCUT2D eigenvalue weighted by Crippen LogP contribution is 2.20. The maximum Gasteiger partial charge on any atom is 0.279 e. The minimum absolute atomic E-state index is 0.0681. The van der Waals surface area contributed by atoms with Crippen LogP contribution in [0.2, 0.25) is 10.0 Å². The molecule has 0 spiro atoms. The Kier molecular flexibility index (Phi) is 6.14. The van der Waals surface area contributed by atoms with Crippen molar-refractivity contribution < 1.29 is 14.6 Å². The maximum atomic E-state index is 12.1. The number of anilines is 1. The van der Waals surface area contributed by atoms with Crippen LogP contribution in [0.4, 0.5) is 11.4 Å². The molecule has 1 atom stereocenters. The van der Waals surface area contributed by atoms with Gasteiger partial charge in [0, 0.05) is 28.4 Å². The molecule has 2 aromatic carbocycles. The Morgan fingerprint density at radius 3 is 2.67 bits per heavy atom. The maximum absolute atomic E-state index is 12.1. The second kappa shape index (κ2) is 8.10. The van der Waals surface area contributed by atoms with E-state index in [1.54, 1.807) is 18.2 Å². The highest BCUT2D eigenvalue weighted by atomic mass is 35.5. The second-order valence-corrected chi connectivity index (χ2v) is 6.25. The van der Waals surface area contributed by atoms with Crippen LogP contribution in [-0.4, -0.2) is 24.4 Å². The first-order chi connectivity index (χ1) is 11.3. The first-order valence-electron chi connectivity index (χ1n) is 7.14. The molecular formula is C16H16Cl2N3O3+. The fourth-order valence-corrected chi connectivity index (χ4v) is 2.70. The number of carbonyl (C=O) groups excluding carboxylic acids is 1. The molecule has 0 fully saturated rings. The number of non-ortho nitro benzene ring substituents is 1. The summed E-state index contributed by atoms with van der Waals surface area (Å²) in [6, 6.07) is 11.1. The van der Waals surface area contributed by atoms with E-state index in [2.05, 4.69) is 5.32 Å². The molecule has 24 heavy (non-hydrogen) atoms. The van der Waals surface area contributed by atoms with E-state index >= 15 is 0 Å². The molecule has 2 aromatic rings. The summed E-state index contributed by atoms with van der Waals surface area (Å²) in [6.45, 7) is 0.750. The fraction of sp³-hybridized carbons (Fsp3) is 0.188. The van der Waals surface area contributed by atoms with Gasteiger partial charge >= 0.3 is 0 Å². The Balaban J connectivity index is 1.94. The van der Waals surface area contributed by atoms with Crippen LogP contribution in [0.25, 0.3) is 0 Å². The van der Waals surface area contributed by atoms with Crippen molar-refractivity contribution >= 4 is 40.5 Å². The number of carbonyl (C=O) groups is 1. The summed E-state index contributed by atoms with van der Waals surface area (Å²) in [7, 11) is 1.86. The van der Waals surface area contributed by atoms with Crippen LogP contribution in [0.3, 0.4) is 0 Å². The lowest BCUT2D eigenvalue weighted by Gasteiger charge is -2.15. The van der Waals surface area contributed by atoms with Crippen molar-refractivity contribution in [2.75, 3.05) is 18.9 Å². The van der Waals surface area contributed by atoms with Crippen molar-refractivity contribution in [1.29, 1.82) is 0 Å². The predicted molar refractivity (Wildman–Crippen MR) is 93.6 cm³/mol. The second-order valence-electron chi connectivity index (χ2n) is 5.40. The summed E-state index contributed by atoms with van der Waals surface area (Å²) in [4.78, 5) is 23.2. The summed E-state index contributed by atoms with van der Waals surface area (Å²) in [5, 5.41) is 14.5. The number of hydrogen-bond donors (Lipinski definition) is 2. The molecule has 0 heterocycles. The molecule has 126 valence electrons. The van der Waals surface area contributed by atoms with Gasteiger partial charge in [-0.25, -0.2) is 0 Å². The largest absolute Gasteiger partial charge is 0.326 e. The minimum Gasteiger partial charge on any atom is -0.326 e. The quantitative estimate of drug-likeness (QED) is 0.607. The molecule has 0 bridgehead atoms. The zero-order chi connectivity index (χ0) is 17.7. The van der Waals surface area contributed by atoms with Crippen LogP contribution in [0.5, 0.6) is 0 Å². The number of nitrogens with zero attached hydrogens (tertiary/aromatic N) is 1. The van der Waals surface area contributed by atoms with Crippen molar-refractivity contribution in [2.24, 2.45) is 0 Å². The van der Waals surface area contributed by atoms with Gasteiger partial charge in [-0.3, -0.25) is 14.9 Å². The lowest BCUT2D eigenvalue weighted by atomic mass is 10.2. The Bertz CT molecular complexity index is 768. The number of nitrogens with one attached hydrogen (secondary N) is 2. The molecular weight excluding hydrogens is 353 g/mol. The average Bonchev–Trinajstić information content (AvgIpc) is 2.50. The number of quaternary nitrogens is 1. The molecule has 0 aromatic heterocycles. The average molecular weight is 369 g/mol. The van der Waals surface area contributed by atoms with E-state index < -0.39 is 4.92 Å². The third-order valence-corrected chi connectivity index (χ3v) is 3.90. The predicted octanol–water partition coefficient (Wildman–Crippen LogP) is 2.56. The molecule has 1 amide bonds. The minimum atomic E-state index is -0.504. The van der Waals surface area contributed by atoms with Gasteiger partial charge in [-0.2, -0.15) is 0 Å². The van der Waals surface area contributed by atoms with Crippen molar-refractivity contribution in [1.82, 2.24) is 0 Å². The van der Waals surface area contributed by atoms with Gasteiger partial charge in [0.1, 0.15) is 6.54 Å². The van der Waals surface area contributed by atoms with E-state index in [1.165, 1.54) is 18.2 Å². The van der Waals surface area contributed by atoms with Gasteiger partial charge in [-0.1, -0.05) is 35.3 Å². The molecule has 0 saturated carbocycles. The smallest absolute Gasteiger partial charge is 0.279 e. The lowest BCUT2D eigenvalue weighted by molar-refractivity contribution is -0.885. The third-order valence-electron chi connectivity index (χ3n) is 3.31. The highest BCUT2D eigenvalue weighted by Gasteiger charge is 2.14. The first kappa shape index (κ1) is 18.2. The van der Waals surface area contributed by atoms with Crippen LogP contribution in [0, 0.1) is 10.1 Å². The standard InChI is InChI=1S/C16H15Cl2N3O3/c1-20(9-11-5-6-12(17)7-15(11)18)10-16(22)19-13-3-2-4-14(8-13)21(23)24/h2-8H,9-10H2,1H3,(H,19,22)/p+1. The van der Waals surface area contributed by atoms with Crippen molar-refractivity contribution in [3.8, 4) is 0 Å². The van der Waals surface area contributed by atoms with Gasteiger partial charge < -0.3 is 10.2 Å². The Morgan fingerprint density at radius 1 is 1.25 bits per heavy atom. The fourth-order valence-electron chi connectivity index (χ4n) is 2.23. The number of benzene rings is 2. The Hall–Kier alpha value is -2.15. The van der Waals surface area contributed by atoms with Gasteiger partial charge in [0.2, 0.25) is 0 Å². The number of hydrogen-bond acceptors (Lipinski definition) is 3. The van der Waals surface area contributed by atoms with Crippen LogP contribution >= 0.6 is 23.2 Å². The molecule has 0 aliphatic rings. The zero-order valence-corrected chi connectivity index (χ0v) is 14.4. The van der Waals surface area contributed by atoms with Gasteiger partial charge in [-0.15, -0.1) is 0 Å². The van der Waals surface area contributed by atoms with Gasteiger partial charge in [0.05, 0.1) is 17.0 Å². The monoisotopic (exact) mass is 368 g/mol. The SMILES string of the molecule is C[NH+](CC(=O)Nc1cccc([N+](=O)[O-])c1)Cc1ccc(Cl)cc1Cl. The Morgan fingerprint density at radius 2 is 2.00 bits per heavy atom. The first-order valence-corrected chi connectivity index (χ1v) is 7.90. The molecule has 0 aliphatic carbocycles. The molecule has 8 heteroatoms. The summed E-state index contributed by atoms with van der Waals surface area (Å²) >= 11 is 12.0. The molecule has 0 radical (unpaired) electrons. The summed E-state index contributed by atoms with van der Waals surface area (Å²) in [5.41, 5.74) is 1.22. The summed E-state index contributed by atoms with van der Waals surface area (Å²) < 4.78 is 0. The molecule has 0 aliphatic heterocycles. The van der Waals surface area contributed by atoms with E-state index in [0.717, 1.165) is 10.5 Å². The summed E-state index contributed by atoms with van der Waals surface area (Å²) in [5.74, 6) is -0.238.